The average Bonchev–Trinajstić information content (AvgIpc) is 2.23. The summed E-state index contributed by atoms with van der Waals surface area (Å²) in [4.78, 5) is 0. The van der Waals surface area contributed by atoms with E-state index in [0.29, 0.717) is 6.42 Å². The Morgan fingerprint density at radius 3 is 2.60 bits per heavy atom. The molecule has 0 amide bonds. The molecule has 0 heterocycles. The van der Waals surface area contributed by atoms with Crippen molar-refractivity contribution in [1.29, 1.82) is 0 Å². The van der Waals surface area contributed by atoms with E-state index in [1.807, 2.05) is 30.4 Å². The molecule has 78 valence electrons. The summed E-state index contributed by atoms with van der Waals surface area (Å²) < 4.78 is 0. The van der Waals surface area contributed by atoms with Gasteiger partial charge < -0.3 is 5.11 Å². The Morgan fingerprint density at radius 2 is 2.00 bits per heavy atom. The quantitative estimate of drug-likeness (QED) is 0.760. The van der Waals surface area contributed by atoms with E-state index in [4.69, 9.17) is 11.6 Å². The van der Waals surface area contributed by atoms with Crippen molar-refractivity contribution < 1.29 is 5.11 Å². The Kier molecular flexibility index (Phi) is 2.94. The SMILES string of the molecule is OC1(Cl)C=CC(Cc2ccccc2)=CC1. The Balaban J connectivity index is 2.04. The molecule has 1 aliphatic rings. The fraction of sp³-hybridized carbons (Fsp3) is 0.231. The largest absolute Gasteiger partial charge is 0.371 e. The zero-order valence-electron chi connectivity index (χ0n) is 8.36. The molecule has 0 aromatic heterocycles. The molecule has 0 saturated carbocycles. The van der Waals surface area contributed by atoms with Crippen molar-refractivity contribution in [1.82, 2.24) is 0 Å². The van der Waals surface area contributed by atoms with Crippen LogP contribution < -0.4 is 0 Å². The van der Waals surface area contributed by atoms with Crippen molar-refractivity contribution in [3.05, 3.63) is 59.7 Å². The van der Waals surface area contributed by atoms with Crippen LogP contribution in [0.2, 0.25) is 0 Å². The minimum Gasteiger partial charge on any atom is -0.371 e. The van der Waals surface area contributed by atoms with Crippen molar-refractivity contribution in [3.8, 4) is 0 Å². The molecule has 1 aromatic rings. The van der Waals surface area contributed by atoms with Gasteiger partial charge in [-0.1, -0.05) is 54.1 Å². The van der Waals surface area contributed by atoms with Crippen molar-refractivity contribution in [2.45, 2.75) is 17.9 Å². The molecular weight excluding hydrogens is 208 g/mol. The first-order chi connectivity index (χ1) is 7.16. The van der Waals surface area contributed by atoms with E-state index in [0.717, 1.165) is 6.42 Å². The molecule has 0 radical (unpaired) electrons. The third-order valence-corrected chi connectivity index (χ3v) is 2.73. The molecule has 1 unspecified atom stereocenters. The molecule has 1 atom stereocenters. The van der Waals surface area contributed by atoms with Crippen LogP contribution in [0.4, 0.5) is 0 Å². The van der Waals surface area contributed by atoms with Gasteiger partial charge in [0.1, 0.15) is 0 Å². The molecule has 2 heteroatoms. The zero-order chi connectivity index (χ0) is 10.7. The Bertz CT molecular complexity index is 390. The highest BCUT2D eigenvalue weighted by Gasteiger charge is 2.20. The second-order valence-electron chi connectivity index (χ2n) is 3.80. The van der Waals surface area contributed by atoms with Gasteiger partial charge >= 0.3 is 0 Å². The van der Waals surface area contributed by atoms with Crippen LogP contribution in [0.25, 0.3) is 0 Å². The van der Waals surface area contributed by atoms with Gasteiger partial charge in [0.2, 0.25) is 0 Å². The second kappa shape index (κ2) is 4.21. The third kappa shape index (κ3) is 2.95. The van der Waals surface area contributed by atoms with Gasteiger partial charge in [0.25, 0.3) is 0 Å². The highest BCUT2D eigenvalue weighted by molar-refractivity contribution is 6.24. The first-order valence-electron chi connectivity index (χ1n) is 4.99. The maximum atomic E-state index is 9.49. The normalized spacial score (nSPS) is 25.1. The number of aliphatic hydroxyl groups is 1. The predicted molar refractivity (Wildman–Crippen MR) is 62.8 cm³/mol. The molecule has 0 aliphatic heterocycles. The van der Waals surface area contributed by atoms with Crippen LogP contribution >= 0.6 is 11.6 Å². The fourth-order valence-corrected chi connectivity index (χ4v) is 1.75. The molecule has 0 saturated heterocycles. The molecule has 0 fully saturated rings. The Labute approximate surface area is 94.7 Å². The molecular formula is C13H13ClO. The number of hydrogen-bond acceptors (Lipinski definition) is 1. The maximum Gasteiger partial charge on any atom is 0.161 e. The molecule has 2 rings (SSSR count). The molecule has 1 nitrogen and oxygen atoms in total. The lowest BCUT2D eigenvalue weighted by molar-refractivity contribution is 0.181. The van der Waals surface area contributed by atoms with Gasteiger partial charge in [0.05, 0.1) is 0 Å². The molecule has 1 aliphatic carbocycles. The van der Waals surface area contributed by atoms with E-state index in [-0.39, 0.29) is 0 Å². The number of alkyl halides is 1. The smallest absolute Gasteiger partial charge is 0.161 e. The van der Waals surface area contributed by atoms with Crippen LogP contribution in [-0.2, 0) is 6.42 Å². The zero-order valence-corrected chi connectivity index (χ0v) is 9.11. The molecule has 1 N–H and O–H groups in total. The van der Waals surface area contributed by atoms with Crippen molar-refractivity contribution in [2.75, 3.05) is 0 Å². The Hall–Kier alpha value is -1.05. The summed E-state index contributed by atoms with van der Waals surface area (Å²) in [6, 6.07) is 10.2. The van der Waals surface area contributed by atoms with Crippen LogP contribution in [0.15, 0.2) is 54.1 Å². The molecule has 0 bridgehead atoms. The summed E-state index contributed by atoms with van der Waals surface area (Å²) >= 11 is 5.76. The van der Waals surface area contributed by atoms with Crippen LogP contribution in [0.1, 0.15) is 12.0 Å². The number of benzene rings is 1. The van der Waals surface area contributed by atoms with Gasteiger partial charge in [-0.05, 0) is 23.6 Å². The second-order valence-corrected chi connectivity index (χ2v) is 4.45. The summed E-state index contributed by atoms with van der Waals surface area (Å²) in [5.74, 6) is 0. The van der Waals surface area contributed by atoms with Gasteiger partial charge in [-0.25, -0.2) is 0 Å². The number of rotatable bonds is 2. The topological polar surface area (TPSA) is 20.2 Å². The minimum atomic E-state index is -1.18. The number of hydrogen-bond donors (Lipinski definition) is 1. The lowest BCUT2D eigenvalue weighted by Gasteiger charge is -2.19. The standard InChI is InChI=1S/C13H13ClO/c14-13(15)8-6-12(7-9-13)10-11-4-2-1-3-5-11/h1-8,15H,9-10H2. The summed E-state index contributed by atoms with van der Waals surface area (Å²) in [7, 11) is 0. The lowest BCUT2D eigenvalue weighted by Crippen LogP contribution is -2.18. The average molecular weight is 221 g/mol. The van der Waals surface area contributed by atoms with E-state index in [1.54, 1.807) is 6.08 Å². The molecule has 15 heavy (non-hydrogen) atoms. The summed E-state index contributed by atoms with van der Waals surface area (Å²) in [5.41, 5.74) is 2.47. The van der Waals surface area contributed by atoms with Crippen molar-refractivity contribution in [3.63, 3.8) is 0 Å². The fourth-order valence-electron chi connectivity index (χ4n) is 1.61. The number of halogens is 1. The van der Waals surface area contributed by atoms with Crippen LogP contribution in [0.3, 0.4) is 0 Å². The highest BCUT2D eigenvalue weighted by Crippen LogP contribution is 2.25. The molecule has 1 aromatic carbocycles. The first kappa shape index (κ1) is 10.5. The van der Waals surface area contributed by atoms with Gasteiger partial charge in [0, 0.05) is 6.42 Å². The van der Waals surface area contributed by atoms with E-state index < -0.39 is 5.06 Å². The van der Waals surface area contributed by atoms with Gasteiger partial charge in [0.15, 0.2) is 5.06 Å². The molecule has 0 spiro atoms. The van der Waals surface area contributed by atoms with Crippen LogP contribution in [-0.4, -0.2) is 10.2 Å². The van der Waals surface area contributed by atoms with E-state index >= 15 is 0 Å². The van der Waals surface area contributed by atoms with Gasteiger partial charge in [-0.2, -0.15) is 0 Å². The number of allylic oxidation sites excluding steroid dienone is 2. The van der Waals surface area contributed by atoms with E-state index in [9.17, 15) is 5.11 Å². The predicted octanol–water partition coefficient (Wildman–Crippen LogP) is 3.04. The lowest BCUT2D eigenvalue weighted by atomic mass is 9.98. The van der Waals surface area contributed by atoms with Gasteiger partial charge in [-0.15, -0.1) is 0 Å². The van der Waals surface area contributed by atoms with E-state index in [1.165, 1.54) is 11.1 Å². The highest BCUT2D eigenvalue weighted by atomic mass is 35.5. The van der Waals surface area contributed by atoms with Crippen molar-refractivity contribution >= 4 is 11.6 Å². The summed E-state index contributed by atoms with van der Waals surface area (Å²) in [6.07, 6.45) is 6.90. The minimum absolute atomic E-state index is 0.479. The third-order valence-electron chi connectivity index (χ3n) is 2.45. The Morgan fingerprint density at radius 1 is 1.27 bits per heavy atom. The first-order valence-corrected chi connectivity index (χ1v) is 5.37. The van der Waals surface area contributed by atoms with Crippen molar-refractivity contribution in [2.24, 2.45) is 0 Å². The monoisotopic (exact) mass is 220 g/mol. The van der Waals surface area contributed by atoms with Gasteiger partial charge in [-0.3, -0.25) is 0 Å². The van der Waals surface area contributed by atoms with E-state index in [2.05, 4.69) is 12.1 Å². The van der Waals surface area contributed by atoms with Crippen LogP contribution in [0, 0.1) is 0 Å². The summed E-state index contributed by atoms with van der Waals surface area (Å²) in [6.45, 7) is 0. The van der Waals surface area contributed by atoms with Crippen LogP contribution in [0.5, 0.6) is 0 Å². The maximum absolute atomic E-state index is 9.49. The summed E-state index contributed by atoms with van der Waals surface area (Å²) in [5, 5.41) is 8.31.